The van der Waals surface area contributed by atoms with E-state index in [2.05, 4.69) is 143 Å². The summed E-state index contributed by atoms with van der Waals surface area (Å²) in [6.07, 6.45) is 0. The minimum atomic E-state index is -0.284. The predicted molar refractivity (Wildman–Crippen MR) is 222 cm³/mol. The first-order chi connectivity index (χ1) is 26.1. The molecule has 5 nitrogen and oxygen atoms in total. The lowest BCUT2D eigenvalue weighted by molar-refractivity contribution is 0.478. The lowest BCUT2D eigenvalue weighted by atomic mass is 9.82. The molecule has 0 fully saturated rings. The van der Waals surface area contributed by atoms with Gasteiger partial charge in [0.2, 0.25) is 0 Å². The molecular formula is C49H41N3O2. The van der Waals surface area contributed by atoms with Crippen LogP contribution in [0.15, 0.2) is 126 Å². The number of fused-ring (bicyclic) bond motifs is 9. The van der Waals surface area contributed by atoms with Crippen LogP contribution in [0.25, 0.3) is 83.3 Å². The number of hydrogen-bond donors (Lipinski definition) is 1. The van der Waals surface area contributed by atoms with Crippen molar-refractivity contribution in [2.45, 2.75) is 58.8 Å². The molecule has 0 saturated heterocycles. The van der Waals surface area contributed by atoms with Gasteiger partial charge in [-0.25, -0.2) is 9.97 Å². The van der Waals surface area contributed by atoms with Crippen LogP contribution < -0.4 is 0 Å². The number of rotatable bonds is 5. The molecule has 0 aliphatic heterocycles. The van der Waals surface area contributed by atoms with Gasteiger partial charge in [0.05, 0.1) is 28.1 Å². The zero-order valence-electron chi connectivity index (χ0n) is 31.4. The van der Waals surface area contributed by atoms with Gasteiger partial charge in [-0.3, -0.25) is 4.57 Å². The number of phenols is 1. The first-order valence-corrected chi connectivity index (χ1v) is 19.0. The summed E-state index contributed by atoms with van der Waals surface area (Å²) < 4.78 is 9.01. The van der Waals surface area contributed by atoms with Crippen LogP contribution in [-0.4, -0.2) is 19.6 Å². The number of aromatic hydroxyl groups is 1. The van der Waals surface area contributed by atoms with Gasteiger partial charge in [-0.05, 0) is 93.4 Å². The van der Waals surface area contributed by atoms with Crippen molar-refractivity contribution in [1.82, 2.24) is 14.5 Å². The number of nitrogens with zero attached hydrogens (tertiary/aromatic N) is 3. The highest BCUT2D eigenvalue weighted by atomic mass is 16.3. The molecule has 0 amide bonds. The lowest BCUT2D eigenvalue weighted by Gasteiger charge is -2.22. The van der Waals surface area contributed by atoms with Crippen LogP contribution in [0.2, 0.25) is 0 Å². The Balaban J connectivity index is 1.24. The number of para-hydroxylation sites is 3. The van der Waals surface area contributed by atoms with E-state index in [1.54, 1.807) is 6.07 Å². The first kappa shape index (κ1) is 32.5. The van der Waals surface area contributed by atoms with Gasteiger partial charge in [-0.1, -0.05) is 114 Å². The summed E-state index contributed by atoms with van der Waals surface area (Å²) in [6.45, 7) is 13.6. The third-order valence-corrected chi connectivity index (χ3v) is 11.7. The molecule has 10 rings (SSSR count). The molecule has 54 heavy (non-hydrogen) atoms. The fourth-order valence-corrected chi connectivity index (χ4v) is 8.96. The maximum absolute atomic E-state index is 11.2. The van der Waals surface area contributed by atoms with Crippen molar-refractivity contribution in [3.63, 3.8) is 0 Å². The van der Waals surface area contributed by atoms with Crippen molar-refractivity contribution in [2.24, 2.45) is 0 Å². The molecule has 0 bridgehead atoms. The van der Waals surface area contributed by atoms with E-state index in [4.69, 9.17) is 14.4 Å². The average Bonchev–Trinajstić information content (AvgIpc) is 3.81. The molecule has 9 aromatic rings. The number of benzene rings is 6. The highest BCUT2D eigenvalue weighted by molar-refractivity contribution is 6.15. The quantitative estimate of drug-likeness (QED) is 0.194. The van der Waals surface area contributed by atoms with E-state index in [0.29, 0.717) is 11.8 Å². The Morgan fingerprint density at radius 1 is 0.648 bits per heavy atom. The number of furan rings is 1. The van der Waals surface area contributed by atoms with E-state index >= 15 is 0 Å². The Morgan fingerprint density at radius 2 is 1.37 bits per heavy atom. The summed E-state index contributed by atoms with van der Waals surface area (Å²) in [4.78, 5) is 10.7. The predicted octanol–water partition coefficient (Wildman–Crippen LogP) is 13.1. The van der Waals surface area contributed by atoms with Crippen molar-refractivity contribution in [2.75, 3.05) is 0 Å². The van der Waals surface area contributed by atoms with Crippen LogP contribution >= 0.6 is 0 Å². The fourth-order valence-electron chi connectivity index (χ4n) is 8.96. The van der Waals surface area contributed by atoms with E-state index in [9.17, 15) is 5.11 Å². The van der Waals surface area contributed by atoms with E-state index in [0.717, 1.165) is 83.2 Å². The molecule has 1 aliphatic carbocycles. The van der Waals surface area contributed by atoms with E-state index in [1.807, 2.05) is 18.2 Å². The molecule has 3 aromatic heterocycles. The van der Waals surface area contributed by atoms with Gasteiger partial charge in [0.15, 0.2) is 0 Å². The normalized spacial score (nSPS) is 13.6. The molecule has 0 unspecified atom stereocenters. The highest BCUT2D eigenvalue weighted by Crippen LogP contribution is 2.53. The molecule has 0 spiro atoms. The van der Waals surface area contributed by atoms with Gasteiger partial charge in [-0.2, -0.15) is 0 Å². The van der Waals surface area contributed by atoms with Gasteiger partial charge in [0, 0.05) is 32.9 Å². The summed E-state index contributed by atoms with van der Waals surface area (Å²) in [5.74, 6) is 1.78. The zero-order chi connectivity index (χ0) is 37.0. The van der Waals surface area contributed by atoms with Crippen molar-refractivity contribution in [3.8, 4) is 45.3 Å². The molecule has 5 heteroatoms. The van der Waals surface area contributed by atoms with Crippen LogP contribution in [0.1, 0.15) is 75.6 Å². The summed E-state index contributed by atoms with van der Waals surface area (Å²) in [5.41, 5.74) is 14.1. The molecule has 0 saturated carbocycles. The SMILES string of the molecule is CC(C)c1cccc(C(C)C)c1-n1c(-c2ccc3oc4ccc5c(c4c3c2)-c2nc(-c3c(O)ccc4ccccc34)ccc2C5(C)C)nc2ccccc21. The molecule has 0 radical (unpaired) electrons. The van der Waals surface area contributed by atoms with Crippen molar-refractivity contribution in [1.29, 1.82) is 0 Å². The lowest BCUT2D eigenvalue weighted by Crippen LogP contribution is -2.15. The Morgan fingerprint density at radius 3 is 2.17 bits per heavy atom. The molecule has 1 aliphatic rings. The Kier molecular flexibility index (Phi) is 7.00. The number of imidazole rings is 1. The third kappa shape index (κ3) is 4.57. The van der Waals surface area contributed by atoms with E-state index < -0.39 is 0 Å². The summed E-state index contributed by atoms with van der Waals surface area (Å²) >= 11 is 0. The van der Waals surface area contributed by atoms with Crippen LogP contribution in [0, 0.1) is 0 Å². The summed E-state index contributed by atoms with van der Waals surface area (Å²) in [6, 6.07) is 42.1. The molecule has 0 atom stereocenters. The van der Waals surface area contributed by atoms with Crippen LogP contribution in [-0.2, 0) is 5.41 Å². The average molecular weight is 704 g/mol. The van der Waals surface area contributed by atoms with Gasteiger partial charge in [0.25, 0.3) is 0 Å². The van der Waals surface area contributed by atoms with E-state index in [-0.39, 0.29) is 11.2 Å². The van der Waals surface area contributed by atoms with Crippen LogP contribution in [0.4, 0.5) is 0 Å². The number of aromatic nitrogens is 3. The van der Waals surface area contributed by atoms with Crippen LogP contribution in [0.5, 0.6) is 5.75 Å². The minimum absolute atomic E-state index is 0.220. The van der Waals surface area contributed by atoms with Gasteiger partial charge < -0.3 is 9.52 Å². The van der Waals surface area contributed by atoms with Crippen molar-refractivity contribution >= 4 is 43.7 Å². The molecule has 1 N–H and O–H groups in total. The second kappa shape index (κ2) is 11.6. The molecule has 264 valence electrons. The fraction of sp³-hybridized carbons (Fsp3) is 0.184. The number of phenolic OH excluding ortho intramolecular Hbond substituents is 1. The van der Waals surface area contributed by atoms with Gasteiger partial charge >= 0.3 is 0 Å². The Hall–Kier alpha value is -6.20. The highest BCUT2D eigenvalue weighted by Gasteiger charge is 2.39. The smallest absolute Gasteiger partial charge is 0.145 e. The molecular weight excluding hydrogens is 663 g/mol. The van der Waals surface area contributed by atoms with Crippen molar-refractivity contribution < 1.29 is 9.52 Å². The first-order valence-electron chi connectivity index (χ1n) is 19.0. The second-order valence-electron chi connectivity index (χ2n) is 15.9. The Bertz CT molecular complexity index is 2970. The van der Waals surface area contributed by atoms with Gasteiger partial charge in [0.1, 0.15) is 22.7 Å². The standard InChI is InChI=1S/C49H41N3O2/c1-27(2)31-14-11-15-32(28(3)4)47(31)52-39-17-10-9-16-37(39)51-48(52)30-19-24-41-34(26-30)44-42(54-41)25-21-35-45(44)46-36(49(35,5)6)20-22-38(50-46)43-33-13-8-7-12-29(33)18-23-40(43)53/h7-28,53H,1-6H3. The van der Waals surface area contributed by atoms with Crippen molar-refractivity contribution in [3.05, 3.63) is 144 Å². The topological polar surface area (TPSA) is 64.1 Å². The molecule has 6 aromatic carbocycles. The third-order valence-electron chi connectivity index (χ3n) is 11.7. The monoisotopic (exact) mass is 703 g/mol. The summed E-state index contributed by atoms with van der Waals surface area (Å²) in [5, 5.41) is 15.3. The maximum atomic E-state index is 11.2. The van der Waals surface area contributed by atoms with Gasteiger partial charge in [-0.15, -0.1) is 0 Å². The Labute approximate surface area is 314 Å². The number of hydrogen-bond acceptors (Lipinski definition) is 4. The molecule has 3 heterocycles. The number of pyridine rings is 1. The maximum Gasteiger partial charge on any atom is 0.145 e. The minimum Gasteiger partial charge on any atom is -0.507 e. The van der Waals surface area contributed by atoms with E-state index in [1.165, 1.54) is 22.4 Å². The summed E-state index contributed by atoms with van der Waals surface area (Å²) in [7, 11) is 0. The van der Waals surface area contributed by atoms with Crippen LogP contribution in [0.3, 0.4) is 0 Å². The second-order valence-corrected chi connectivity index (χ2v) is 15.9. The zero-order valence-corrected chi connectivity index (χ0v) is 31.4. The largest absolute Gasteiger partial charge is 0.507 e.